The molecule has 3 saturated heterocycles. The van der Waals surface area contributed by atoms with E-state index in [0.717, 1.165) is 12.8 Å². The zero-order valence-electron chi connectivity index (χ0n) is 15.4. The van der Waals surface area contributed by atoms with Gasteiger partial charge in [0, 0.05) is 22.3 Å². The van der Waals surface area contributed by atoms with Gasteiger partial charge in [0.05, 0.1) is 24.6 Å². The Hall–Kier alpha value is -2.64. The summed E-state index contributed by atoms with van der Waals surface area (Å²) in [4.78, 5) is 43.7. The summed E-state index contributed by atoms with van der Waals surface area (Å²) < 4.78 is 5.36. The molecule has 0 aliphatic carbocycles. The molecule has 4 atom stereocenters. The first-order valence-electron chi connectivity index (χ1n) is 9.79. The van der Waals surface area contributed by atoms with E-state index < -0.39 is 17.4 Å². The molecule has 29 heavy (non-hydrogen) atoms. The maximum absolute atomic E-state index is 13.6. The smallest absolute Gasteiger partial charge is 0.250 e. The normalized spacial score (nSPS) is 32.8. The summed E-state index contributed by atoms with van der Waals surface area (Å²) in [6.07, 6.45) is 3.20. The molecule has 4 unspecified atom stereocenters. The van der Waals surface area contributed by atoms with Gasteiger partial charge >= 0.3 is 0 Å². The number of amides is 3. The van der Waals surface area contributed by atoms with Crippen LogP contribution in [0.1, 0.15) is 24.2 Å². The minimum absolute atomic E-state index is 0.0878. The molecule has 4 aliphatic heterocycles. The molecular weight excluding hydrogens is 394 g/mol. The Balaban J connectivity index is 1.52. The summed E-state index contributed by atoms with van der Waals surface area (Å²) >= 11 is 6.27. The van der Waals surface area contributed by atoms with Crippen molar-refractivity contribution in [2.45, 2.75) is 31.0 Å². The summed E-state index contributed by atoms with van der Waals surface area (Å²) in [6, 6.07) is 8.59. The summed E-state index contributed by atoms with van der Waals surface area (Å²) in [5.74, 6) is -1.51. The number of likely N-dealkylation sites (tertiary alicyclic amines) is 1. The molecule has 148 valence electrons. The lowest BCUT2D eigenvalue weighted by Crippen LogP contribution is -2.54. The molecule has 2 aromatic rings. The first-order chi connectivity index (χ1) is 14.0. The van der Waals surface area contributed by atoms with Crippen LogP contribution in [0.2, 0.25) is 5.02 Å². The van der Waals surface area contributed by atoms with E-state index in [1.54, 1.807) is 30.3 Å². The van der Waals surface area contributed by atoms with Crippen molar-refractivity contribution >= 4 is 35.0 Å². The SMILES string of the molecule is O=C1C2C3CCCN3C3(C(=O)Nc4ccc(Cl)cc43)C2C(=O)N1Cc1ccco1. The first kappa shape index (κ1) is 17.2. The molecule has 1 aromatic heterocycles. The van der Waals surface area contributed by atoms with Crippen molar-refractivity contribution in [1.82, 2.24) is 9.80 Å². The monoisotopic (exact) mass is 411 g/mol. The van der Waals surface area contributed by atoms with E-state index in [9.17, 15) is 14.4 Å². The molecule has 3 fully saturated rings. The number of furan rings is 1. The van der Waals surface area contributed by atoms with E-state index >= 15 is 0 Å². The third-order valence-corrected chi connectivity index (χ3v) is 7.18. The second kappa shape index (κ2) is 5.70. The van der Waals surface area contributed by atoms with E-state index in [4.69, 9.17) is 16.0 Å². The van der Waals surface area contributed by atoms with Crippen LogP contribution in [-0.4, -0.2) is 40.1 Å². The average Bonchev–Trinajstić information content (AvgIpc) is 3.47. The van der Waals surface area contributed by atoms with Crippen LogP contribution in [0.15, 0.2) is 41.0 Å². The molecule has 1 aromatic carbocycles. The van der Waals surface area contributed by atoms with Crippen LogP contribution in [0, 0.1) is 11.8 Å². The number of imide groups is 1. The summed E-state index contributed by atoms with van der Waals surface area (Å²) in [6.45, 7) is 0.764. The summed E-state index contributed by atoms with van der Waals surface area (Å²) in [5, 5.41) is 3.44. The van der Waals surface area contributed by atoms with Gasteiger partial charge in [0.25, 0.3) is 0 Å². The fourth-order valence-corrected chi connectivity index (χ4v) is 6.12. The van der Waals surface area contributed by atoms with E-state index in [-0.39, 0.29) is 30.3 Å². The molecule has 1 N–H and O–H groups in total. The average molecular weight is 412 g/mol. The van der Waals surface area contributed by atoms with Gasteiger partial charge in [-0.2, -0.15) is 0 Å². The van der Waals surface area contributed by atoms with Crippen LogP contribution in [0.25, 0.3) is 0 Å². The Kier molecular flexibility index (Phi) is 3.39. The quantitative estimate of drug-likeness (QED) is 0.767. The van der Waals surface area contributed by atoms with Gasteiger partial charge in [-0.25, -0.2) is 0 Å². The number of rotatable bonds is 2. The highest BCUT2D eigenvalue weighted by Gasteiger charge is 2.74. The zero-order valence-corrected chi connectivity index (χ0v) is 16.2. The summed E-state index contributed by atoms with van der Waals surface area (Å²) in [7, 11) is 0. The number of carbonyl (C=O) groups is 3. The Morgan fingerprint density at radius 2 is 2.07 bits per heavy atom. The van der Waals surface area contributed by atoms with Crippen LogP contribution < -0.4 is 5.32 Å². The van der Waals surface area contributed by atoms with Gasteiger partial charge < -0.3 is 9.73 Å². The number of hydrogen-bond acceptors (Lipinski definition) is 5. The molecule has 0 saturated carbocycles. The molecule has 0 bridgehead atoms. The fraction of sp³-hybridized carbons (Fsp3) is 0.381. The second-order valence-corrected chi connectivity index (χ2v) is 8.60. The Morgan fingerprint density at radius 1 is 1.21 bits per heavy atom. The lowest BCUT2D eigenvalue weighted by molar-refractivity contribution is -0.146. The van der Waals surface area contributed by atoms with Crippen molar-refractivity contribution < 1.29 is 18.8 Å². The molecule has 5 heterocycles. The number of halogens is 1. The van der Waals surface area contributed by atoms with Crippen LogP contribution in [0.3, 0.4) is 0 Å². The predicted molar refractivity (Wildman–Crippen MR) is 103 cm³/mol. The number of nitrogens with one attached hydrogen (secondary N) is 1. The second-order valence-electron chi connectivity index (χ2n) is 8.16. The maximum atomic E-state index is 13.6. The van der Waals surface area contributed by atoms with Crippen molar-refractivity contribution in [2.24, 2.45) is 11.8 Å². The van der Waals surface area contributed by atoms with Crippen LogP contribution in [-0.2, 0) is 26.5 Å². The molecule has 0 radical (unpaired) electrons. The molecule has 8 heteroatoms. The van der Waals surface area contributed by atoms with Gasteiger partial charge in [-0.3, -0.25) is 24.2 Å². The van der Waals surface area contributed by atoms with E-state index in [2.05, 4.69) is 10.2 Å². The number of nitrogens with zero attached hydrogens (tertiary/aromatic N) is 2. The highest BCUT2D eigenvalue weighted by Crippen LogP contribution is 2.60. The third kappa shape index (κ3) is 1.99. The van der Waals surface area contributed by atoms with Crippen molar-refractivity contribution in [3.05, 3.63) is 52.9 Å². The van der Waals surface area contributed by atoms with Gasteiger partial charge in [-0.15, -0.1) is 0 Å². The van der Waals surface area contributed by atoms with Crippen LogP contribution in [0.5, 0.6) is 0 Å². The lowest BCUT2D eigenvalue weighted by atomic mass is 9.75. The van der Waals surface area contributed by atoms with Crippen molar-refractivity contribution in [3.8, 4) is 0 Å². The van der Waals surface area contributed by atoms with E-state index in [0.29, 0.717) is 28.6 Å². The number of anilines is 1. The zero-order chi connectivity index (χ0) is 19.9. The largest absolute Gasteiger partial charge is 0.467 e. The highest BCUT2D eigenvalue weighted by atomic mass is 35.5. The number of fused-ring (bicyclic) bond motifs is 7. The highest BCUT2D eigenvalue weighted by molar-refractivity contribution is 6.31. The molecule has 7 nitrogen and oxygen atoms in total. The number of carbonyl (C=O) groups excluding carboxylic acids is 3. The van der Waals surface area contributed by atoms with Gasteiger partial charge in [0.15, 0.2) is 0 Å². The predicted octanol–water partition coefficient (Wildman–Crippen LogP) is 2.36. The standard InChI is InChI=1S/C21H18ClN3O4/c22-11-5-6-14-13(9-11)21(20(28)23-14)17-16(15-4-1-7-25(15)21)18(26)24(19(17)27)10-12-3-2-8-29-12/h2-3,5-6,8-9,15-17H,1,4,7,10H2,(H,23,28). The van der Waals surface area contributed by atoms with Crippen molar-refractivity contribution in [3.63, 3.8) is 0 Å². The molecule has 4 aliphatic rings. The Morgan fingerprint density at radius 3 is 2.86 bits per heavy atom. The summed E-state index contributed by atoms with van der Waals surface area (Å²) in [5.41, 5.74) is 0.183. The number of benzene rings is 1. The van der Waals surface area contributed by atoms with E-state index in [1.165, 1.54) is 11.2 Å². The van der Waals surface area contributed by atoms with Gasteiger partial charge in [-0.1, -0.05) is 11.6 Å². The van der Waals surface area contributed by atoms with Crippen LogP contribution in [0.4, 0.5) is 5.69 Å². The van der Waals surface area contributed by atoms with Gasteiger partial charge in [0.2, 0.25) is 17.7 Å². The third-order valence-electron chi connectivity index (χ3n) is 6.94. The van der Waals surface area contributed by atoms with Gasteiger partial charge in [-0.05, 0) is 49.7 Å². The molecule has 3 amide bonds. The number of hydrogen-bond donors (Lipinski definition) is 1. The fourth-order valence-electron chi connectivity index (χ4n) is 5.95. The van der Waals surface area contributed by atoms with Crippen molar-refractivity contribution in [1.29, 1.82) is 0 Å². The van der Waals surface area contributed by atoms with Crippen molar-refractivity contribution in [2.75, 3.05) is 11.9 Å². The van der Waals surface area contributed by atoms with E-state index in [1.807, 2.05) is 0 Å². The topological polar surface area (TPSA) is 82.9 Å². The molecular formula is C21H18ClN3O4. The minimum atomic E-state index is -1.18. The lowest BCUT2D eigenvalue weighted by Gasteiger charge is -2.36. The first-order valence-corrected chi connectivity index (χ1v) is 10.2. The Labute approximate surface area is 171 Å². The minimum Gasteiger partial charge on any atom is -0.467 e. The Bertz CT molecular complexity index is 1070. The molecule has 1 spiro atoms. The van der Waals surface area contributed by atoms with Gasteiger partial charge in [0.1, 0.15) is 11.3 Å². The maximum Gasteiger partial charge on any atom is 0.250 e. The van der Waals surface area contributed by atoms with Crippen LogP contribution >= 0.6 is 11.6 Å². The molecule has 6 rings (SSSR count).